The Bertz CT molecular complexity index is 422. The van der Waals surface area contributed by atoms with Crippen LogP contribution in [-0.4, -0.2) is 25.5 Å². The molecular weight excluding hydrogens is 282 g/mol. The molecule has 1 amide bonds. The molecule has 1 saturated heterocycles. The predicted molar refractivity (Wildman–Crippen MR) is 71.9 cm³/mol. The van der Waals surface area contributed by atoms with Gasteiger partial charge < -0.3 is 16.0 Å². The first kappa shape index (κ1) is 12.4. The van der Waals surface area contributed by atoms with Crippen molar-refractivity contribution in [3.8, 4) is 0 Å². The maximum atomic E-state index is 11.3. The molecule has 1 aromatic rings. The molecule has 2 rings (SSSR count). The molecule has 5 heteroatoms. The van der Waals surface area contributed by atoms with E-state index < -0.39 is 0 Å². The number of benzene rings is 1. The number of nitrogens with one attached hydrogen (secondary N) is 1. The summed E-state index contributed by atoms with van der Waals surface area (Å²) in [6.07, 6.45) is 0.547. The van der Waals surface area contributed by atoms with Gasteiger partial charge in [-0.05, 0) is 33.6 Å². The van der Waals surface area contributed by atoms with Crippen LogP contribution in [0.1, 0.15) is 12.0 Å². The van der Waals surface area contributed by atoms with Crippen molar-refractivity contribution in [2.24, 2.45) is 5.73 Å². The minimum absolute atomic E-state index is 0.127. The Morgan fingerprint density at radius 1 is 1.41 bits per heavy atom. The molecule has 0 saturated carbocycles. The summed E-state index contributed by atoms with van der Waals surface area (Å²) in [6, 6.07) is 6.12. The van der Waals surface area contributed by atoms with E-state index in [-0.39, 0.29) is 5.91 Å². The van der Waals surface area contributed by atoms with E-state index in [1.807, 2.05) is 12.1 Å². The predicted octanol–water partition coefficient (Wildman–Crippen LogP) is 1.23. The first-order valence-electron chi connectivity index (χ1n) is 5.71. The monoisotopic (exact) mass is 297 g/mol. The van der Waals surface area contributed by atoms with Gasteiger partial charge in [0.1, 0.15) is 0 Å². The summed E-state index contributed by atoms with van der Waals surface area (Å²) in [7, 11) is 0. The lowest BCUT2D eigenvalue weighted by Gasteiger charge is -2.23. The molecule has 0 aliphatic carbocycles. The van der Waals surface area contributed by atoms with Crippen LogP contribution in [0.2, 0.25) is 0 Å². The van der Waals surface area contributed by atoms with Crippen LogP contribution in [-0.2, 0) is 11.3 Å². The summed E-state index contributed by atoms with van der Waals surface area (Å²) in [5.74, 6) is 0.127. The van der Waals surface area contributed by atoms with E-state index in [1.165, 1.54) is 0 Å². The van der Waals surface area contributed by atoms with Gasteiger partial charge in [0.2, 0.25) is 5.91 Å². The van der Waals surface area contributed by atoms with Gasteiger partial charge in [-0.1, -0.05) is 6.07 Å². The Balaban J connectivity index is 2.18. The van der Waals surface area contributed by atoms with Crippen molar-refractivity contribution in [2.45, 2.75) is 13.0 Å². The second kappa shape index (κ2) is 5.51. The van der Waals surface area contributed by atoms with E-state index in [1.54, 1.807) is 0 Å². The minimum Gasteiger partial charge on any atom is -0.368 e. The van der Waals surface area contributed by atoms with Gasteiger partial charge in [-0.3, -0.25) is 4.79 Å². The van der Waals surface area contributed by atoms with E-state index in [4.69, 9.17) is 5.73 Å². The summed E-state index contributed by atoms with van der Waals surface area (Å²) in [5, 5.41) is 2.87. The van der Waals surface area contributed by atoms with E-state index in [0.29, 0.717) is 19.5 Å². The van der Waals surface area contributed by atoms with Gasteiger partial charge in [-0.2, -0.15) is 0 Å². The second-order valence-electron chi connectivity index (χ2n) is 4.08. The molecule has 0 unspecified atom stereocenters. The Morgan fingerprint density at radius 2 is 2.24 bits per heavy atom. The van der Waals surface area contributed by atoms with E-state index in [0.717, 1.165) is 28.8 Å². The molecular formula is C12H16BrN3O. The van der Waals surface area contributed by atoms with Crippen LogP contribution in [0.15, 0.2) is 22.7 Å². The number of nitrogens with two attached hydrogens (primary N) is 1. The number of rotatable bonds is 2. The topological polar surface area (TPSA) is 58.4 Å². The zero-order valence-electron chi connectivity index (χ0n) is 9.58. The summed E-state index contributed by atoms with van der Waals surface area (Å²) >= 11 is 3.56. The van der Waals surface area contributed by atoms with Crippen LogP contribution in [0, 0.1) is 0 Å². The lowest BCUT2D eigenvalue weighted by molar-refractivity contribution is -0.120. The van der Waals surface area contributed by atoms with Crippen molar-refractivity contribution in [3.05, 3.63) is 28.2 Å². The van der Waals surface area contributed by atoms with Crippen LogP contribution in [0.25, 0.3) is 0 Å². The Kier molecular flexibility index (Phi) is 4.02. The maximum absolute atomic E-state index is 11.3. The number of carbonyl (C=O) groups is 1. The third-order valence-electron chi connectivity index (χ3n) is 2.90. The molecule has 1 aromatic carbocycles. The van der Waals surface area contributed by atoms with E-state index >= 15 is 0 Å². The van der Waals surface area contributed by atoms with Crippen molar-refractivity contribution < 1.29 is 4.79 Å². The summed E-state index contributed by atoms with van der Waals surface area (Å²) in [6.45, 7) is 2.83. The normalized spacial score (nSPS) is 16.6. The maximum Gasteiger partial charge on any atom is 0.221 e. The van der Waals surface area contributed by atoms with Crippen LogP contribution in [0.3, 0.4) is 0 Å². The molecule has 0 atom stereocenters. The van der Waals surface area contributed by atoms with Crippen LogP contribution in [0.4, 0.5) is 5.69 Å². The van der Waals surface area contributed by atoms with Crippen LogP contribution in [0.5, 0.6) is 0 Å². The van der Waals surface area contributed by atoms with Crippen molar-refractivity contribution >= 4 is 27.5 Å². The molecule has 0 radical (unpaired) electrons. The number of halogens is 1. The Hall–Kier alpha value is -1.07. The SMILES string of the molecule is NCc1ccc(N2CCNC(=O)CC2)c(Br)c1. The summed E-state index contributed by atoms with van der Waals surface area (Å²) in [5.41, 5.74) is 7.83. The highest BCUT2D eigenvalue weighted by atomic mass is 79.9. The fraction of sp³-hybridized carbons (Fsp3) is 0.417. The molecule has 0 aromatic heterocycles. The third kappa shape index (κ3) is 2.98. The molecule has 92 valence electrons. The Labute approximate surface area is 109 Å². The van der Waals surface area contributed by atoms with E-state index in [2.05, 4.69) is 32.2 Å². The number of carbonyl (C=O) groups excluding carboxylic acids is 1. The van der Waals surface area contributed by atoms with Gasteiger partial charge in [0, 0.05) is 37.1 Å². The summed E-state index contributed by atoms with van der Waals surface area (Å²) in [4.78, 5) is 13.5. The lowest BCUT2D eigenvalue weighted by atomic mass is 10.2. The highest BCUT2D eigenvalue weighted by Gasteiger charge is 2.15. The molecule has 1 aliphatic rings. The quantitative estimate of drug-likeness (QED) is 0.863. The van der Waals surface area contributed by atoms with Gasteiger partial charge in [0.05, 0.1) is 5.69 Å². The highest BCUT2D eigenvalue weighted by Crippen LogP contribution is 2.27. The first-order chi connectivity index (χ1) is 8.20. The number of hydrogen-bond acceptors (Lipinski definition) is 3. The lowest BCUT2D eigenvalue weighted by Crippen LogP contribution is -2.28. The van der Waals surface area contributed by atoms with Gasteiger partial charge in [0.15, 0.2) is 0 Å². The highest BCUT2D eigenvalue weighted by molar-refractivity contribution is 9.10. The number of amides is 1. The molecule has 3 N–H and O–H groups in total. The smallest absolute Gasteiger partial charge is 0.221 e. The Morgan fingerprint density at radius 3 is 2.94 bits per heavy atom. The number of nitrogens with zero attached hydrogens (tertiary/aromatic N) is 1. The molecule has 17 heavy (non-hydrogen) atoms. The first-order valence-corrected chi connectivity index (χ1v) is 6.50. The minimum atomic E-state index is 0.127. The van der Waals surface area contributed by atoms with Crippen molar-refractivity contribution in [1.82, 2.24) is 5.32 Å². The van der Waals surface area contributed by atoms with Gasteiger partial charge >= 0.3 is 0 Å². The fourth-order valence-corrected chi connectivity index (χ4v) is 2.62. The van der Waals surface area contributed by atoms with Gasteiger partial charge in [0.25, 0.3) is 0 Å². The number of anilines is 1. The second-order valence-corrected chi connectivity index (χ2v) is 4.93. The average molecular weight is 298 g/mol. The molecule has 0 spiro atoms. The standard InChI is InChI=1S/C12H16BrN3O/c13-10-7-9(8-14)1-2-11(10)16-5-3-12(17)15-4-6-16/h1-2,7H,3-6,8,14H2,(H,15,17). The van der Waals surface area contributed by atoms with Gasteiger partial charge in [-0.25, -0.2) is 0 Å². The van der Waals surface area contributed by atoms with E-state index in [9.17, 15) is 4.79 Å². The van der Waals surface area contributed by atoms with Crippen molar-refractivity contribution in [1.29, 1.82) is 0 Å². The molecule has 4 nitrogen and oxygen atoms in total. The van der Waals surface area contributed by atoms with Crippen LogP contribution >= 0.6 is 15.9 Å². The largest absolute Gasteiger partial charge is 0.368 e. The third-order valence-corrected chi connectivity index (χ3v) is 3.54. The van der Waals surface area contributed by atoms with Crippen molar-refractivity contribution in [3.63, 3.8) is 0 Å². The molecule has 1 fully saturated rings. The van der Waals surface area contributed by atoms with Crippen LogP contribution < -0.4 is 16.0 Å². The zero-order chi connectivity index (χ0) is 12.3. The molecule has 1 aliphatic heterocycles. The average Bonchev–Trinajstić information content (AvgIpc) is 2.54. The van der Waals surface area contributed by atoms with Crippen molar-refractivity contribution in [2.75, 3.05) is 24.5 Å². The molecule has 1 heterocycles. The summed E-state index contributed by atoms with van der Waals surface area (Å²) < 4.78 is 1.04. The zero-order valence-corrected chi connectivity index (χ0v) is 11.2. The van der Waals surface area contributed by atoms with Gasteiger partial charge in [-0.15, -0.1) is 0 Å². The fourth-order valence-electron chi connectivity index (χ4n) is 1.94. The molecule has 0 bridgehead atoms. The number of hydrogen-bond donors (Lipinski definition) is 2.